The molecule has 0 radical (unpaired) electrons. The van der Waals surface area contributed by atoms with Gasteiger partial charge in [0.25, 0.3) is 0 Å². The van der Waals surface area contributed by atoms with Crippen molar-refractivity contribution in [2.45, 2.75) is 24.6 Å². The van der Waals surface area contributed by atoms with Crippen LogP contribution >= 0.6 is 0 Å². The highest BCUT2D eigenvalue weighted by Crippen LogP contribution is 2.38. The molecule has 29 heavy (non-hydrogen) atoms. The molecule has 0 saturated carbocycles. The number of sulfonamides is 1. The van der Waals surface area contributed by atoms with Gasteiger partial charge in [-0.2, -0.15) is 4.31 Å². The van der Waals surface area contributed by atoms with Crippen LogP contribution in [0.2, 0.25) is 0 Å². The van der Waals surface area contributed by atoms with E-state index in [1.54, 1.807) is 48.9 Å². The van der Waals surface area contributed by atoms with E-state index in [2.05, 4.69) is 4.74 Å². The van der Waals surface area contributed by atoms with E-state index < -0.39 is 16.0 Å². The first kappa shape index (κ1) is 21.1. The van der Waals surface area contributed by atoms with Gasteiger partial charge in [0.15, 0.2) is 11.5 Å². The van der Waals surface area contributed by atoms with Crippen molar-refractivity contribution in [3.05, 3.63) is 59.2 Å². The number of hydrogen-bond acceptors (Lipinski definition) is 6. The molecule has 1 atom stereocenters. The normalized spacial score (nSPS) is 17.1. The van der Waals surface area contributed by atoms with Gasteiger partial charge in [0.05, 0.1) is 32.6 Å². The summed E-state index contributed by atoms with van der Waals surface area (Å²) in [5.41, 5.74) is 1.89. The van der Waals surface area contributed by atoms with Crippen LogP contribution in [0.15, 0.2) is 42.5 Å². The maximum absolute atomic E-state index is 13.1. The molecule has 0 bridgehead atoms. The topological polar surface area (TPSA) is 82.1 Å². The maximum Gasteiger partial charge on any atom is 0.337 e. The zero-order chi connectivity index (χ0) is 21.0. The lowest BCUT2D eigenvalue weighted by Crippen LogP contribution is -2.31. The first-order chi connectivity index (χ1) is 13.9. The number of nitrogens with zero attached hydrogens (tertiary/aromatic N) is 1. The second kappa shape index (κ2) is 8.84. The summed E-state index contributed by atoms with van der Waals surface area (Å²) in [5, 5.41) is 0. The summed E-state index contributed by atoms with van der Waals surface area (Å²) in [6, 6.07) is 11.7. The molecule has 0 unspecified atom stereocenters. The van der Waals surface area contributed by atoms with Gasteiger partial charge in [-0.3, -0.25) is 0 Å². The fourth-order valence-corrected chi connectivity index (χ4v) is 5.42. The lowest BCUT2D eigenvalue weighted by atomic mass is 10.0. The van der Waals surface area contributed by atoms with E-state index in [-0.39, 0.29) is 11.8 Å². The smallest absolute Gasteiger partial charge is 0.337 e. The molecule has 3 rings (SSSR count). The predicted molar refractivity (Wildman–Crippen MR) is 109 cm³/mol. The molecule has 2 aromatic rings. The zero-order valence-corrected chi connectivity index (χ0v) is 17.6. The number of esters is 1. The summed E-state index contributed by atoms with van der Waals surface area (Å²) in [6.07, 6.45) is 1.54. The van der Waals surface area contributed by atoms with Crippen LogP contribution in [0.1, 0.15) is 40.4 Å². The molecular weight excluding hydrogens is 394 g/mol. The highest BCUT2D eigenvalue weighted by Gasteiger charge is 2.35. The van der Waals surface area contributed by atoms with Crippen molar-refractivity contribution >= 4 is 16.0 Å². The average molecular weight is 419 g/mol. The van der Waals surface area contributed by atoms with Crippen molar-refractivity contribution in [1.29, 1.82) is 0 Å². The lowest BCUT2D eigenvalue weighted by molar-refractivity contribution is 0.0600. The van der Waals surface area contributed by atoms with Crippen LogP contribution in [-0.4, -0.2) is 46.6 Å². The largest absolute Gasteiger partial charge is 0.493 e. The van der Waals surface area contributed by atoms with Gasteiger partial charge in [-0.05, 0) is 48.2 Å². The third-order valence-electron chi connectivity index (χ3n) is 5.08. The van der Waals surface area contributed by atoms with Crippen molar-refractivity contribution in [3.63, 3.8) is 0 Å². The van der Waals surface area contributed by atoms with E-state index in [1.165, 1.54) is 7.11 Å². The Morgan fingerprint density at radius 3 is 2.34 bits per heavy atom. The molecule has 2 aromatic carbocycles. The first-order valence-corrected chi connectivity index (χ1v) is 10.9. The first-order valence-electron chi connectivity index (χ1n) is 9.28. The number of carbonyl (C=O) groups is 1. The standard InChI is InChI=1S/C21H25NO6S/c1-26-19-11-10-17(13-20(19)27-2)18-5-4-12-22(18)29(24,25)14-15-6-8-16(9-7-15)21(23)28-3/h6-11,13,18H,4-5,12,14H2,1-3H3/t18-/m0/s1. The molecule has 0 aromatic heterocycles. The van der Waals surface area contributed by atoms with E-state index in [0.717, 1.165) is 18.4 Å². The van der Waals surface area contributed by atoms with Gasteiger partial charge in [-0.1, -0.05) is 18.2 Å². The summed E-state index contributed by atoms with van der Waals surface area (Å²) in [6.45, 7) is 0.474. The summed E-state index contributed by atoms with van der Waals surface area (Å²) >= 11 is 0. The van der Waals surface area contributed by atoms with Crippen LogP contribution in [0.4, 0.5) is 0 Å². The summed E-state index contributed by atoms with van der Waals surface area (Å²) in [5.74, 6) is 0.604. The second-order valence-corrected chi connectivity index (χ2v) is 8.75. The molecular formula is C21H25NO6S. The van der Waals surface area contributed by atoms with Gasteiger partial charge in [0.1, 0.15) is 0 Å². The van der Waals surface area contributed by atoms with Crippen molar-refractivity contribution in [3.8, 4) is 11.5 Å². The van der Waals surface area contributed by atoms with Crippen molar-refractivity contribution in [2.75, 3.05) is 27.9 Å². The van der Waals surface area contributed by atoms with Crippen LogP contribution in [-0.2, 0) is 20.5 Å². The number of rotatable bonds is 7. The van der Waals surface area contributed by atoms with Crippen molar-refractivity contribution in [2.24, 2.45) is 0 Å². The summed E-state index contributed by atoms with van der Waals surface area (Å²) < 4.78 is 43.1. The van der Waals surface area contributed by atoms with Crippen LogP contribution in [0, 0.1) is 0 Å². The van der Waals surface area contributed by atoms with E-state index in [4.69, 9.17) is 9.47 Å². The number of methoxy groups -OCH3 is 3. The predicted octanol–water partition coefficient (Wildman–Crippen LogP) is 3.16. The van der Waals surface area contributed by atoms with E-state index in [1.807, 2.05) is 12.1 Å². The number of ether oxygens (including phenoxy) is 3. The van der Waals surface area contributed by atoms with Crippen LogP contribution in [0.5, 0.6) is 11.5 Å². The van der Waals surface area contributed by atoms with Crippen LogP contribution < -0.4 is 9.47 Å². The molecule has 0 N–H and O–H groups in total. The van der Waals surface area contributed by atoms with Crippen LogP contribution in [0.3, 0.4) is 0 Å². The number of hydrogen-bond donors (Lipinski definition) is 0. The van der Waals surface area contributed by atoms with Gasteiger partial charge in [-0.15, -0.1) is 0 Å². The Bertz CT molecular complexity index is 971. The SMILES string of the molecule is COC(=O)c1ccc(CS(=O)(=O)N2CCC[C@H]2c2ccc(OC)c(OC)c2)cc1. The summed E-state index contributed by atoms with van der Waals surface area (Å²) in [7, 11) is 0.892. The minimum atomic E-state index is -3.54. The van der Waals surface area contributed by atoms with E-state index >= 15 is 0 Å². The third kappa shape index (κ3) is 4.54. The molecule has 156 valence electrons. The molecule has 7 nitrogen and oxygen atoms in total. The molecule has 1 aliphatic heterocycles. The van der Waals surface area contributed by atoms with Crippen molar-refractivity contribution < 1.29 is 27.4 Å². The lowest BCUT2D eigenvalue weighted by Gasteiger charge is -2.25. The van der Waals surface area contributed by atoms with Gasteiger partial charge in [-0.25, -0.2) is 13.2 Å². The molecule has 1 aliphatic rings. The molecule has 1 saturated heterocycles. The Morgan fingerprint density at radius 2 is 1.72 bits per heavy atom. The molecule has 0 spiro atoms. The van der Waals surface area contributed by atoms with Gasteiger partial charge >= 0.3 is 5.97 Å². The Morgan fingerprint density at radius 1 is 1.03 bits per heavy atom. The molecule has 1 heterocycles. The van der Waals surface area contributed by atoms with Crippen molar-refractivity contribution in [1.82, 2.24) is 4.31 Å². The Kier molecular flexibility index (Phi) is 6.44. The van der Waals surface area contributed by atoms with Gasteiger partial charge < -0.3 is 14.2 Å². The van der Waals surface area contributed by atoms with E-state index in [0.29, 0.717) is 29.2 Å². The Hall–Kier alpha value is -2.58. The number of benzene rings is 2. The number of carbonyl (C=O) groups excluding carboxylic acids is 1. The van der Waals surface area contributed by atoms with Gasteiger partial charge in [0.2, 0.25) is 10.0 Å². The van der Waals surface area contributed by atoms with Crippen LogP contribution in [0.25, 0.3) is 0 Å². The molecule has 0 amide bonds. The quantitative estimate of drug-likeness (QED) is 0.641. The van der Waals surface area contributed by atoms with E-state index in [9.17, 15) is 13.2 Å². The molecule has 1 fully saturated rings. The third-order valence-corrected chi connectivity index (χ3v) is 6.93. The molecule has 0 aliphatic carbocycles. The minimum Gasteiger partial charge on any atom is -0.493 e. The Labute approximate surface area is 171 Å². The summed E-state index contributed by atoms with van der Waals surface area (Å²) in [4.78, 5) is 11.5. The highest BCUT2D eigenvalue weighted by molar-refractivity contribution is 7.88. The fourth-order valence-electron chi connectivity index (χ4n) is 3.61. The molecule has 8 heteroatoms. The Balaban J connectivity index is 1.81. The van der Waals surface area contributed by atoms with Gasteiger partial charge in [0, 0.05) is 12.6 Å². The highest BCUT2D eigenvalue weighted by atomic mass is 32.2. The maximum atomic E-state index is 13.1. The zero-order valence-electron chi connectivity index (χ0n) is 16.8. The monoisotopic (exact) mass is 419 g/mol. The average Bonchev–Trinajstić information content (AvgIpc) is 3.24. The minimum absolute atomic E-state index is 0.127. The fraction of sp³-hybridized carbons (Fsp3) is 0.381. The second-order valence-electron chi connectivity index (χ2n) is 6.83.